The number of benzene rings is 1. The molecule has 0 aliphatic carbocycles. The molecule has 0 aliphatic rings. The Bertz CT molecular complexity index is 828. The van der Waals surface area contributed by atoms with Gasteiger partial charge in [0.1, 0.15) is 5.75 Å². The van der Waals surface area contributed by atoms with Crippen molar-refractivity contribution in [3.63, 3.8) is 0 Å². The molecule has 24 heavy (non-hydrogen) atoms. The highest BCUT2D eigenvalue weighted by Crippen LogP contribution is 2.24. The zero-order valence-corrected chi connectivity index (χ0v) is 14.0. The van der Waals surface area contributed by atoms with Gasteiger partial charge >= 0.3 is 0 Å². The van der Waals surface area contributed by atoms with Gasteiger partial charge in [-0.2, -0.15) is 10.2 Å². The van der Waals surface area contributed by atoms with Crippen molar-refractivity contribution in [1.29, 1.82) is 0 Å². The van der Waals surface area contributed by atoms with E-state index in [-0.39, 0.29) is 12.5 Å². The number of carbonyl (C=O) groups excluding carboxylic acids is 1. The van der Waals surface area contributed by atoms with Crippen molar-refractivity contribution in [3.8, 4) is 16.3 Å². The third kappa shape index (κ3) is 4.21. The van der Waals surface area contributed by atoms with Gasteiger partial charge < -0.3 is 4.74 Å². The Labute approximate surface area is 147 Å². The SMILES string of the molecule is O=C(COc1ccc(Cl)cc1)N/N=C/c1cn[nH]c1-c1cccs1. The number of amides is 1. The van der Waals surface area contributed by atoms with E-state index in [2.05, 4.69) is 20.7 Å². The van der Waals surface area contributed by atoms with Crippen LogP contribution in [0.25, 0.3) is 10.6 Å². The highest BCUT2D eigenvalue weighted by Gasteiger charge is 2.07. The number of hydrazone groups is 1. The Morgan fingerprint density at radius 2 is 2.21 bits per heavy atom. The molecule has 1 aromatic carbocycles. The highest BCUT2D eigenvalue weighted by atomic mass is 35.5. The number of carbonyl (C=O) groups is 1. The topological polar surface area (TPSA) is 79.4 Å². The summed E-state index contributed by atoms with van der Waals surface area (Å²) in [6.45, 7) is -0.137. The van der Waals surface area contributed by atoms with E-state index in [0.717, 1.165) is 16.1 Å². The van der Waals surface area contributed by atoms with Crippen LogP contribution >= 0.6 is 22.9 Å². The second-order valence-electron chi connectivity index (χ2n) is 4.71. The number of nitrogens with zero attached hydrogens (tertiary/aromatic N) is 2. The van der Waals surface area contributed by atoms with Gasteiger partial charge in [-0.05, 0) is 35.7 Å². The lowest BCUT2D eigenvalue weighted by atomic mass is 10.2. The summed E-state index contributed by atoms with van der Waals surface area (Å²) in [6, 6.07) is 10.7. The van der Waals surface area contributed by atoms with Gasteiger partial charge in [0.25, 0.3) is 5.91 Å². The summed E-state index contributed by atoms with van der Waals surface area (Å²) in [7, 11) is 0. The molecule has 122 valence electrons. The van der Waals surface area contributed by atoms with E-state index in [9.17, 15) is 4.79 Å². The summed E-state index contributed by atoms with van der Waals surface area (Å²) in [4.78, 5) is 12.8. The van der Waals surface area contributed by atoms with E-state index in [1.54, 1.807) is 48.0 Å². The van der Waals surface area contributed by atoms with Gasteiger partial charge in [0.05, 0.1) is 23.0 Å². The van der Waals surface area contributed by atoms with Crippen LogP contribution in [0.4, 0.5) is 0 Å². The lowest BCUT2D eigenvalue weighted by Crippen LogP contribution is -2.24. The molecule has 2 heterocycles. The van der Waals surface area contributed by atoms with Crippen molar-refractivity contribution in [1.82, 2.24) is 15.6 Å². The number of thiophene rings is 1. The van der Waals surface area contributed by atoms with E-state index >= 15 is 0 Å². The zero-order chi connectivity index (χ0) is 16.8. The van der Waals surface area contributed by atoms with Gasteiger partial charge in [0, 0.05) is 10.6 Å². The van der Waals surface area contributed by atoms with Crippen LogP contribution in [0.1, 0.15) is 5.56 Å². The molecule has 0 bridgehead atoms. The fraction of sp³-hybridized carbons (Fsp3) is 0.0625. The molecule has 2 aromatic heterocycles. The van der Waals surface area contributed by atoms with Crippen LogP contribution in [0.5, 0.6) is 5.75 Å². The number of hydrogen-bond acceptors (Lipinski definition) is 5. The second kappa shape index (κ2) is 7.76. The molecule has 8 heteroatoms. The van der Waals surface area contributed by atoms with Gasteiger partial charge in [-0.15, -0.1) is 11.3 Å². The van der Waals surface area contributed by atoms with Crippen molar-refractivity contribution in [2.24, 2.45) is 5.10 Å². The molecule has 3 rings (SSSR count). The Balaban J connectivity index is 1.52. The molecular formula is C16H13ClN4O2S. The third-order valence-electron chi connectivity index (χ3n) is 3.01. The van der Waals surface area contributed by atoms with Crippen LogP contribution in [0.2, 0.25) is 5.02 Å². The predicted octanol–water partition coefficient (Wildman–Crippen LogP) is 3.32. The molecule has 2 N–H and O–H groups in total. The Morgan fingerprint density at radius 1 is 1.38 bits per heavy atom. The van der Waals surface area contributed by atoms with E-state index < -0.39 is 0 Å². The summed E-state index contributed by atoms with van der Waals surface area (Å²) >= 11 is 7.37. The maximum atomic E-state index is 11.7. The van der Waals surface area contributed by atoms with Crippen LogP contribution in [0, 0.1) is 0 Å². The first kappa shape index (κ1) is 16.2. The number of halogens is 1. The van der Waals surface area contributed by atoms with E-state index in [4.69, 9.17) is 16.3 Å². The molecule has 1 amide bonds. The van der Waals surface area contributed by atoms with Crippen LogP contribution in [-0.4, -0.2) is 28.9 Å². The molecular weight excluding hydrogens is 348 g/mol. The number of hydrogen-bond donors (Lipinski definition) is 2. The fourth-order valence-corrected chi connectivity index (χ4v) is 2.77. The maximum Gasteiger partial charge on any atom is 0.277 e. The smallest absolute Gasteiger partial charge is 0.277 e. The summed E-state index contributed by atoms with van der Waals surface area (Å²) < 4.78 is 5.33. The first-order valence-electron chi connectivity index (χ1n) is 7.00. The number of H-pyrrole nitrogens is 1. The fourth-order valence-electron chi connectivity index (χ4n) is 1.90. The normalized spacial score (nSPS) is 10.9. The molecule has 0 atom stereocenters. The largest absolute Gasteiger partial charge is 0.484 e. The minimum absolute atomic E-state index is 0.137. The van der Waals surface area contributed by atoms with Crippen molar-refractivity contribution >= 4 is 35.1 Å². The first-order valence-corrected chi connectivity index (χ1v) is 8.25. The summed E-state index contributed by atoms with van der Waals surface area (Å²) in [5, 5.41) is 13.4. The highest BCUT2D eigenvalue weighted by molar-refractivity contribution is 7.13. The quantitative estimate of drug-likeness (QED) is 0.522. The zero-order valence-electron chi connectivity index (χ0n) is 12.4. The first-order chi connectivity index (χ1) is 11.7. The molecule has 0 unspecified atom stereocenters. The molecule has 0 spiro atoms. The molecule has 3 aromatic rings. The van der Waals surface area contributed by atoms with E-state index in [0.29, 0.717) is 10.8 Å². The number of aromatic nitrogens is 2. The van der Waals surface area contributed by atoms with Crippen LogP contribution < -0.4 is 10.2 Å². The average Bonchev–Trinajstić information content (AvgIpc) is 3.25. The molecule has 0 aliphatic heterocycles. The minimum atomic E-state index is -0.359. The molecule has 0 saturated heterocycles. The van der Waals surface area contributed by atoms with Crippen molar-refractivity contribution in [2.45, 2.75) is 0 Å². The lowest BCUT2D eigenvalue weighted by Gasteiger charge is -2.04. The average molecular weight is 361 g/mol. The van der Waals surface area contributed by atoms with Crippen LogP contribution in [0.3, 0.4) is 0 Å². The monoisotopic (exact) mass is 360 g/mol. The lowest BCUT2D eigenvalue weighted by molar-refractivity contribution is -0.123. The van der Waals surface area contributed by atoms with Gasteiger partial charge in [-0.25, -0.2) is 5.43 Å². The van der Waals surface area contributed by atoms with Crippen molar-refractivity contribution in [3.05, 3.63) is 58.6 Å². The minimum Gasteiger partial charge on any atom is -0.484 e. The molecule has 6 nitrogen and oxygen atoms in total. The van der Waals surface area contributed by atoms with Gasteiger partial charge in [-0.3, -0.25) is 9.89 Å². The molecule has 0 radical (unpaired) electrons. The third-order valence-corrected chi connectivity index (χ3v) is 4.15. The van der Waals surface area contributed by atoms with Gasteiger partial charge in [-0.1, -0.05) is 17.7 Å². The Hall–Kier alpha value is -2.64. The van der Waals surface area contributed by atoms with Gasteiger partial charge in [0.2, 0.25) is 0 Å². The standard InChI is InChI=1S/C16H13ClN4O2S/c17-12-3-5-13(6-4-12)23-10-15(22)20-18-8-11-9-19-21-16(11)14-2-1-7-24-14/h1-9H,10H2,(H,19,21)(H,20,22)/b18-8+. The van der Waals surface area contributed by atoms with Crippen molar-refractivity contribution in [2.75, 3.05) is 6.61 Å². The number of ether oxygens (including phenoxy) is 1. The summed E-state index contributed by atoms with van der Waals surface area (Å²) in [6.07, 6.45) is 3.19. The van der Waals surface area contributed by atoms with Gasteiger partial charge in [0.15, 0.2) is 6.61 Å². The van der Waals surface area contributed by atoms with Crippen molar-refractivity contribution < 1.29 is 9.53 Å². The Kier molecular flexibility index (Phi) is 5.25. The number of aromatic amines is 1. The predicted molar refractivity (Wildman–Crippen MR) is 94.6 cm³/mol. The summed E-state index contributed by atoms with van der Waals surface area (Å²) in [5.41, 5.74) is 4.07. The Morgan fingerprint density at radius 3 is 2.96 bits per heavy atom. The second-order valence-corrected chi connectivity index (χ2v) is 6.10. The molecule has 0 fully saturated rings. The van der Waals surface area contributed by atoms with E-state index in [1.165, 1.54) is 0 Å². The maximum absolute atomic E-state index is 11.7. The van der Waals surface area contributed by atoms with Crippen LogP contribution in [0.15, 0.2) is 53.1 Å². The molecule has 0 saturated carbocycles. The number of nitrogens with one attached hydrogen (secondary N) is 2. The van der Waals surface area contributed by atoms with Crippen LogP contribution in [-0.2, 0) is 4.79 Å². The number of rotatable bonds is 6. The summed E-state index contributed by atoms with van der Waals surface area (Å²) in [5.74, 6) is 0.204. The van der Waals surface area contributed by atoms with E-state index in [1.807, 2.05) is 17.5 Å².